The number of methoxy groups -OCH3 is 2. The molecule has 5 nitrogen and oxygen atoms in total. The van der Waals surface area contributed by atoms with Crippen LogP contribution in [0.3, 0.4) is 0 Å². The summed E-state index contributed by atoms with van der Waals surface area (Å²) in [7, 11) is 4.87. The smallest absolute Gasteiger partial charge is 0.173 e. The largest absolute Gasteiger partial charge is 0.495 e. The van der Waals surface area contributed by atoms with Crippen LogP contribution in [-0.2, 0) is 4.79 Å². The second kappa shape index (κ2) is 7.02. The van der Waals surface area contributed by atoms with Crippen LogP contribution >= 0.6 is 35.4 Å². The highest BCUT2D eigenvalue weighted by Crippen LogP contribution is 2.47. The second-order valence-electron chi connectivity index (χ2n) is 5.91. The van der Waals surface area contributed by atoms with Gasteiger partial charge in [0, 0.05) is 30.3 Å². The minimum Gasteiger partial charge on any atom is -0.495 e. The number of thiocarbonyl (C=S) groups is 1. The lowest BCUT2D eigenvalue weighted by atomic mass is 9.84. The van der Waals surface area contributed by atoms with E-state index in [1.54, 1.807) is 6.07 Å². The van der Waals surface area contributed by atoms with E-state index in [-0.39, 0.29) is 10.8 Å². The second-order valence-corrected chi connectivity index (χ2v) is 7.08. The molecule has 3 rings (SSSR count). The molecule has 0 spiro atoms. The standard InChI is InChI=1S/C17H18Cl2N2O3S/c1-21-10-5-4-6-11(22)12(10)14(20-17(21)25)8-7-9(18)16(24-3)13(19)15(8)23-2/h7,14H,4-6H2,1-3H3,(H,20,25). The molecule has 1 aromatic carbocycles. The van der Waals surface area contributed by atoms with Crippen molar-refractivity contribution in [1.82, 2.24) is 10.2 Å². The zero-order valence-electron chi connectivity index (χ0n) is 14.1. The number of ether oxygens (including phenoxy) is 2. The van der Waals surface area contributed by atoms with E-state index in [9.17, 15) is 4.79 Å². The fraction of sp³-hybridized carbons (Fsp3) is 0.412. The van der Waals surface area contributed by atoms with Gasteiger partial charge in [-0.05, 0) is 31.1 Å². The summed E-state index contributed by atoms with van der Waals surface area (Å²) >= 11 is 18.2. The molecule has 1 heterocycles. The van der Waals surface area contributed by atoms with Crippen molar-refractivity contribution < 1.29 is 14.3 Å². The Morgan fingerprint density at radius 3 is 2.56 bits per heavy atom. The summed E-state index contributed by atoms with van der Waals surface area (Å²) < 4.78 is 10.8. The number of Topliss-reactive ketones (excluding diaryl/α,β-unsaturated/α-hetero) is 1. The molecule has 0 aromatic heterocycles. The molecule has 134 valence electrons. The Balaban J connectivity index is 2.23. The number of allylic oxidation sites excluding steroid dienone is 1. The predicted octanol–water partition coefficient (Wildman–Crippen LogP) is 3.88. The third kappa shape index (κ3) is 2.96. The molecule has 0 fully saturated rings. The zero-order chi connectivity index (χ0) is 18.3. The van der Waals surface area contributed by atoms with Crippen molar-refractivity contribution in [2.75, 3.05) is 21.3 Å². The fourth-order valence-corrected chi connectivity index (χ4v) is 4.31. The molecule has 8 heteroatoms. The molecule has 0 saturated carbocycles. The van der Waals surface area contributed by atoms with Crippen LogP contribution in [0.15, 0.2) is 17.3 Å². The molecule has 1 aliphatic carbocycles. The van der Waals surface area contributed by atoms with Crippen LogP contribution in [0.5, 0.6) is 11.5 Å². The lowest BCUT2D eigenvalue weighted by molar-refractivity contribution is -0.116. The van der Waals surface area contributed by atoms with Gasteiger partial charge in [-0.3, -0.25) is 4.79 Å². The Morgan fingerprint density at radius 2 is 1.92 bits per heavy atom. The number of nitrogens with zero attached hydrogens (tertiary/aromatic N) is 1. The molecular formula is C17H18Cl2N2O3S. The lowest BCUT2D eigenvalue weighted by Crippen LogP contribution is -2.47. The van der Waals surface area contributed by atoms with Gasteiger partial charge in [-0.1, -0.05) is 23.2 Å². The van der Waals surface area contributed by atoms with Crippen LogP contribution in [0.4, 0.5) is 0 Å². The fourth-order valence-electron chi connectivity index (χ4n) is 3.38. The van der Waals surface area contributed by atoms with Crippen LogP contribution in [0.25, 0.3) is 0 Å². The van der Waals surface area contributed by atoms with E-state index >= 15 is 0 Å². The highest BCUT2D eigenvalue weighted by atomic mass is 35.5. The van der Waals surface area contributed by atoms with Gasteiger partial charge in [0.25, 0.3) is 0 Å². The average Bonchev–Trinajstić information content (AvgIpc) is 2.58. The number of hydrogen-bond acceptors (Lipinski definition) is 4. The molecule has 25 heavy (non-hydrogen) atoms. The number of ketones is 1. The monoisotopic (exact) mass is 400 g/mol. The van der Waals surface area contributed by atoms with Gasteiger partial charge < -0.3 is 19.7 Å². The normalized spacial score (nSPS) is 20.4. The van der Waals surface area contributed by atoms with Crippen LogP contribution in [0.2, 0.25) is 10.0 Å². The summed E-state index contributed by atoms with van der Waals surface area (Å²) in [4.78, 5) is 14.5. The number of benzene rings is 1. The third-order valence-corrected chi connectivity index (χ3v) is 5.59. The van der Waals surface area contributed by atoms with Gasteiger partial charge in [0.15, 0.2) is 16.6 Å². The summed E-state index contributed by atoms with van der Waals surface area (Å²) in [5, 5.41) is 4.38. The average molecular weight is 401 g/mol. The first kappa shape index (κ1) is 18.3. The maximum atomic E-state index is 12.7. The molecular weight excluding hydrogens is 383 g/mol. The quantitative estimate of drug-likeness (QED) is 0.776. The van der Waals surface area contributed by atoms with Crippen LogP contribution < -0.4 is 14.8 Å². The van der Waals surface area contributed by atoms with Gasteiger partial charge in [0.1, 0.15) is 10.8 Å². The molecule has 1 aliphatic heterocycles. The maximum Gasteiger partial charge on any atom is 0.173 e. The number of rotatable bonds is 3. The Morgan fingerprint density at radius 1 is 1.24 bits per heavy atom. The highest BCUT2D eigenvalue weighted by molar-refractivity contribution is 7.80. The van der Waals surface area contributed by atoms with Crippen molar-refractivity contribution in [2.24, 2.45) is 0 Å². The third-order valence-electron chi connectivity index (χ3n) is 4.57. The molecule has 1 aromatic rings. The minimum atomic E-state index is -0.456. The molecule has 1 atom stereocenters. The van der Waals surface area contributed by atoms with E-state index < -0.39 is 6.04 Å². The number of carbonyl (C=O) groups excluding carboxylic acids is 1. The van der Waals surface area contributed by atoms with Crippen molar-refractivity contribution >= 4 is 46.3 Å². The predicted molar refractivity (Wildman–Crippen MR) is 102 cm³/mol. The topological polar surface area (TPSA) is 50.8 Å². The number of halogens is 2. The van der Waals surface area contributed by atoms with E-state index in [0.29, 0.717) is 39.2 Å². The minimum absolute atomic E-state index is 0.0956. The van der Waals surface area contributed by atoms with Crippen molar-refractivity contribution in [3.63, 3.8) is 0 Å². The number of carbonyl (C=O) groups is 1. The molecule has 0 amide bonds. The molecule has 1 unspecified atom stereocenters. The Kier molecular flexibility index (Phi) is 5.14. The summed E-state index contributed by atoms with van der Waals surface area (Å²) in [5.41, 5.74) is 2.30. The Labute approximate surface area is 161 Å². The highest BCUT2D eigenvalue weighted by Gasteiger charge is 2.38. The van der Waals surface area contributed by atoms with Crippen molar-refractivity contribution in [3.05, 3.63) is 32.9 Å². The van der Waals surface area contributed by atoms with Crippen molar-refractivity contribution in [3.8, 4) is 11.5 Å². The SMILES string of the molecule is COc1c(Cl)cc(C2NC(=S)N(C)C3=C2C(=O)CCC3)c(OC)c1Cl. The first-order valence-electron chi connectivity index (χ1n) is 7.81. The van der Waals surface area contributed by atoms with Crippen molar-refractivity contribution in [1.29, 1.82) is 0 Å². The first-order valence-corrected chi connectivity index (χ1v) is 8.97. The zero-order valence-corrected chi connectivity index (χ0v) is 16.4. The maximum absolute atomic E-state index is 12.7. The molecule has 0 saturated heterocycles. The van der Waals surface area contributed by atoms with Gasteiger partial charge >= 0.3 is 0 Å². The number of nitrogens with one attached hydrogen (secondary N) is 1. The van der Waals surface area contributed by atoms with Gasteiger partial charge in [-0.15, -0.1) is 0 Å². The molecule has 1 N–H and O–H groups in total. The van der Waals surface area contributed by atoms with E-state index in [0.717, 1.165) is 18.5 Å². The Hall–Kier alpha value is -1.50. The van der Waals surface area contributed by atoms with Gasteiger partial charge in [0.2, 0.25) is 0 Å². The molecule has 0 bridgehead atoms. The van der Waals surface area contributed by atoms with E-state index in [1.165, 1.54) is 14.2 Å². The van der Waals surface area contributed by atoms with Gasteiger partial charge in [-0.2, -0.15) is 0 Å². The molecule has 0 radical (unpaired) electrons. The number of hydrogen-bond donors (Lipinski definition) is 1. The van der Waals surface area contributed by atoms with E-state index in [2.05, 4.69) is 5.32 Å². The van der Waals surface area contributed by atoms with Crippen LogP contribution in [-0.4, -0.2) is 37.1 Å². The summed E-state index contributed by atoms with van der Waals surface area (Å²) in [6.45, 7) is 0. The first-order chi connectivity index (χ1) is 11.9. The summed E-state index contributed by atoms with van der Waals surface area (Å²) in [5.74, 6) is 0.847. The van der Waals surface area contributed by atoms with Crippen molar-refractivity contribution in [2.45, 2.75) is 25.3 Å². The van der Waals surface area contributed by atoms with Crippen LogP contribution in [0.1, 0.15) is 30.9 Å². The summed E-state index contributed by atoms with van der Waals surface area (Å²) in [6.07, 6.45) is 2.13. The Bertz CT molecular complexity index is 795. The lowest BCUT2D eigenvalue weighted by Gasteiger charge is -2.39. The summed E-state index contributed by atoms with van der Waals surface area (Å²) in [6, 6.07) is 1.26. The van der Waals surface area contributed by atoms with Gasteiger partial charge in [-0.25, -0.2) is 0 Å². The molecule has 2 aliphatic rings. The van der Waals surface area contributed by atoms with Crippen LogP contribution in [0, 0.1) is 0 Å². The van der Waals surface area contributed by atoms with E-state index in [4.69, 9.17) is 44.9 Å². The van der Waals surface area contributed by atoms with Gasteiger partial charge in [0.05, 0.1) is 25.3 Å². The van der Waals surface area contributed by atoms with E-state index in [1.807, 2.05) is 11.9 Å².